The SMILES string of the molecule is CCCCCCCCCCCCCCCOCCOCCOCc1ccccc1. The lowest BCUT2D eigenvalue weighted by atomic mass is 10.0. The Bertz CT molecular complexity index is 421. The lowest BCUT2D eigenvalue weighted by molar-refractivity contribution is 0.0100. The lowest BCUT2D eigenvalue weighted by Gasteiger charge is -2.07. The van der Waals surface area contributed by atoms with Crippen LogP contribution in [0, 0.1) is 0 Å². The first-order valence-electron chi connectivity index (χ1n) is 12.2. The molecule has 0 heterocycles. The van der Waals surface area contributed by atoms with E-state index in [9.17, 15) is 0 Å². The molecule has 0 radical (unpaired) electrons. The van der Waals surface area contributed by atoms with Crippen LogP contribution in [0.4, 0.5) is 0 Å². The van der Waals surface area contributed by atoms with Crippen LogP contribution >= 0.6 is 0 Å². The third kappa shape index (κ3) is 18.8. The number of ether oxygens (including phenoxy) is 3. The van der Waals surface area contributed by atoms with Gasteiger partial charge in [-0.3, -0.25) is 0 Å². The third-order valence-corrected chi connectivity index (χ3v) is 5.25. The molecular formula is C26H46O3. The van der Waals surface area contributed by atoms with Gasteiger partial charge in [0.1, 0.15) is 0 Å². The summed E-state index contributed by atoms with van der Waals surface area (Å²) < 4.78 is 16.8. The molecule has 0 saturated carbocycles. The van der Waals surface area contributed by atoms with Gasteiger partial charge in [0.2, 0.25) is 0 Å². The molecule has 0 amide bonds. The van der Waals surface area contributed by atoms with Gasteiger partial charge in [0.25, 0.3) is 0 Å². The van der Waals surface area contributed by atoms with Crippen molar-refractivity contribution in [3.63, 3.8) is 0 Å². The van der Waals surface area contributed by atoms with Crippen LogP contribution in [-0.4, -0.2) is 33.0 Å². The quantitative estimate of drug-likeness (QED) is 0.189. The molecule has 0 atom stereocenters. The molecule has 1 aromatic carbocycles. The van der Waals surface area contributed by atoms with Gasteiger partial charge in [0, 0.05) is 6.61 Å². The lowest BCUT2D eigenvalue weighted by Crippen LogP contribution is -2.09. The summed E-state index contributed by atoms with van der Waals surface area (Å²) >= 11 is 0. The molecule has 3 nitrogen and oxygen atoms in total. The molecule has 0 aliphatic heterocycles. The average molecular weight is 407 g/mol. The molecule has 0 bridgehead atoms. The van der Waals surface area contributed by atoms with E-state index in [0.717, 1.165) is 6.61 Å². The predicted octanol–water partition coefficient (Wildman–Crippen LogP) is 7.33. The second-order valence-corrected chi connectivity index (χ2v) is 8.01. The van der Waals surface area contributed by atoms with Crippen molar-refractivity contribution in [1.82, 2.24) is 0 Å². The van der Waals surface area contributed by atoms with E-state index in [1.807, 2.05) is 18.2 Å². The Labute approximate surface area is 180 Å². The maximum Gasteiger partial charge on any atom is 0.0718 e. The smallest absolute Gasteiger partial charge is 0.0718 e. The first kappa shape index (κ1) is 26.1. The van der Waals surface area contributed by atoms with Crippen LogP contribution in [0.15, 0.2) is 30.3 Å². The van der Waals surface area contributed by atoms with Crippen molar-refractivity contribution in [2.75, 3.05) is 33.0 Å². The summed E-state index contributed by atoms with van der Waals surface area (Å²) in [5.41, 5.74) is 1.20. The number of rotatable bonds is 22. The Kier molecular flexibility index (Phi) is 19.6. The number of benzene rings is 1. The van der Waals surface area contributed by atoms with Crippen LogP contribution in [0.3, 0.4) is 0 Å². The van der Waals surface area contributed by atoms with E-state index in [1.165, 1.54) is 89.0 Å². The van der Waals surface area contributed by atoms with Crippen LogP contribution in [0.2, 0.25) is 0 Å². The van der Waals surface area contributed by atoms with Crippen molar-refractivity contribution in [2.45, 2.75) is 97.0 Å². The first-order valence-corrected chi connectivity index (χ1v) is 12.2. The van der Waals surface area contributed by atoms with Crippen molar-refractivity contribution in [2.24, 2.45) is 0 Å². The molecule has 0 saturated heterocycles. The zero-order chi connectivity index (χ0) is 20.7. The van der Waals surface area contributed by atoms with Crippen molar-refractivity contribution in [3.05, 3.63) is 35.9 Å². The molecule has 3 heteroatoms. The molecule has 1 rings (SSSR count). The summed E-state index contributed by atoms with van der Waals surface area (Å²) in [6.07, 6.45) is 18.0. The van der Waals surface area contributed by atoms with Gasteiger partial charge in [-0.05, 0) is 12.0 Å². The molecule has 0 aliphatic rings. The minimum absolute atomic E-state index is 0.633. The minimum Gasteiger partial charge on any atom is -0.379 e. The molecule has 0 unspecified atom stereocenters. The van der Waals surface area contributed by atoms with Gasteiger partial charge in [0.15, 0.2) is 0 Å². The van der Waals surface area contributed by atoms with Crippen molar-refractivity contribution in [3.8, 4) is 0 Å². The third-order valence-electron chi connectivity index (χ3n) is 5.25. The summed E-state index contributed by atoms with van der Waals surface area (Å²) in [6, 6.07) is 10.2. The molecule has 0 aromatic heterocycles. The summed E-state index contributed by atoms with van der Waals surface area (Å²) in [4.78, 5) is 0. The Morgan fingerprint density at radius 1 is 0.483 bits per heavy atom. The van der Waals surface area contributed by atoms with E-state index in [-0.39, 0.29) is 0 Å². The highest BCUT2D eigenvalue weighted by atomic mass is 16.5. The van der Waals surface area contributed by atoms with Crippen LogP contribution < -0.4 is 0 Å². The zero-order valence-electron chi connectivity index (χ0n) is 19.0. The normalized spacial score (nSPS) is 11.2. The molecule has 1 aromatic rings. The summed E-state index contributed by atoms with van der Waals surface area (Å²) in [5, 5.41) is 0. The van der Waals surface area contributed by atoms with Crippen molar-refractivity contribution in [1.29, 1.82) is 0 Å². The molecule has 0 fully saturated rings. The number of unbranched alkanes of at least 4 members (excludes halogenated alkanes) is 12. The van der Waals surface area contributed by atoms with E-state index >= 15 is 0 Å². The van der Waals surface area contributed by atoms with Gasteiger partial charge in [0.05, 0.1) is 33.0 Å². The molecule has 29 heavy (non-hydrogen) atoms. The van der Waals surface area contributed by atoms with E-state index in [2.05, 4.69) is 19.1 Å². The molecule has 0 N–H and O–H groups in total. The Morgan fingerprint density at radius 3 is 1.48 bits per heavy atom. The number of hydrogen-bond donors (Lipinski definition) is 0. The summed E-state index contributed by atoms with van der Waals surface area (Å²) in [5.74, 6) is 0. The second kappa shape index (κ2) is 21.8. The summed E-state index contributed by atoms with van der Waals surface area (Å²) in [7, 11) is 0. The highest BCUT2D eigenvalue weighted by Gasteiger charge is 1.95. The van der Waals surface area contributed by atoms with E-state index in [4.69, 9.17) is 14.2 Å². The molecule has 0 aliphatic carbocycles. The fraction of sp³-hybridized carbons (Fsp3) is 0.769. The molecule has 0 spiro atoms. The van der Waals surface area contributed by atoms with Gasteiger partial charge < -0.3 is 14.2 Å². The largest absolute Gasteiger partial charge is 0.379 e. The van der Waals surface area contributed by atoms with Gasteiger partial charge >= 0.3 is 0 Å². The standard InChI is InChI=1S/C26H46O3/c1-2-3-4-5-6-7-8-9-10-11-12-13-17-20-27-21-22-28-23-24-29-25-26-18-15-14-16-19-26/h14-16,18-19H,2-13,17,20-25H2,1H3. The van der Waals surface area contributed by atoms with Crippen LogP contribution in [0.25, 0.3) is 0 Å². The molecular weight excluding hydrogens is 360 g/mol. The van der Waals surface area contributed by atoms with Gasteiger partial charge in [-0.2, -0.15) is 0 Å². The number of hydrogen-bond acceptors (Lipinski definition) is 3. The summed E-state index contributed by atoms with van der Waals surface area (Å²) in [6.45, 7) is 6.42. The van der Waals surface area contributed by atoms with Gasteiger partial charge in [-0.15, -0.1) is 0 Å². The van der Waals surface area contributed by atoms with Crippen LogP contribution in [0.1, 0.15) is 96.0 Å². The first-order chi connectivity index (χ1) is 14.4. The highest BCUT2D eigenvalue weighted by molar-refractivity contribution is 5.13. The van der Waals surface area contributed by atoms with E-state index in [1.54, 1.807) is 0 Å². The fourth-order valence-corrected chi connectivity index (χ4v) is 3.43. The Balaban J connectivity index is 1.66. The second-order valence-electron chi connectivity index (χ2n) is 8.01. The average Bonchev–Trinajstić information content (AvgIpc) is 2.75. The van der Waals surface area contributed by atoms with Gasteiger partial charge in [-0.25, -0.2) is 0 Å². The van der Waals surface area contributed by atoms with E-state index < -0.39 is 0 Å². The predicted molar refractivity (Wildman–Crippen MR) is 123 cm³/mol. The maximum atomic E-state index is 5.64. The monoisotopic (exact) mass is 406 g/mol. The Morgan fingerprint density at radius 2 is 0.931 bits per heavy atom. The zero-order valence-corrected chi connectivity index (χ0v) is 19.0. The maximum absolute atomic E-state index is 5.64. The van der Waals surface area contributed by atoms with Crippen LogP contribution in [0.5, 0.6) is 0 Å². The van der Waals surface area contributed by atoms with E-state index in [0.29, 0.717) is 33.0 Å². The Hall–Kier alpha value is -0.900. The highest BCUT2D eigenvalue weighted by Crippen LogP contribution is 2.12. The van der Waals surface area contributed by atoms with Crippen LogP contribution in [-0.2, 0) is 20.8 Å². The topological polar surface area (TPSA) is 27.7 Å². The van der Waals surface area contributed by atoms with Crippen molar-refractivity contribution >= 4 is 0 Å². The molecule has 168 valence electrons. The minimum atomic E-state index is 0.633. The fourth-order valence-electron chi connectivity index (χ4n) is 3.43. The van der Waals surface area contributed by atoms with Gasteiger partial charge in [-0.1, -0.05) is 114 Å². The van der Waals surface area contributed by atoms with Crippen molar-refractivity contribution < 1.29 is 14.2 Å².